The molecule has 2 fully saturated rings. The highest BCUT2D eigenvalue weighted by atomic mass is 35.5. The van der Waals surface area contributed by atoms with Crippen molar-refractivity contribution in [1.29, 1.82) is 0 Å². The molecule has 3 heterocycles. The Morgan fingerprint density at radius 1 is 1.38 bits per heavy atom. The number of nitrogens with one attached hydrogen (secondary N) is 1. The van der Waals surface area contributed by atoms with Crippen LogP contribution in [0.3, 0.4) is 0 Å². The fourth-order valence-electron chi connectivity index (χ4n) is 2.61. The molecule has 2 aliphatic rings. The number of hydrogen-bond donors (Lipinski definition) is 2. The van der Waals surface area contributed by atoms with Crippen molar-refractivity contribution in [2.75, 3.05) is 26.2 Å². The average Bonchev–Trinajstić information content (AvgIpc) is 2.43. The zero-order valence-corrected chi connectivity index (χ0v) is 12.2. The number of hydrogen-bond acceptors (Lipinski definition) is 5. The van der Waals surface area contributed by atoms with Crippen molar-refractivity contribution in [1.82, 2.24) is 20.2 Å². The van der Waals surface area contributed by atoms with Gasteiger partial charge in [-0.15, -0.1) is 11.6 Å². The minimum Gasteiger partial charge on any atom is -0.469 e. The molecule has 0 bridgehead atoms. The van der Waals surface area contributed by atoms with Crippen LogP contribution in [0.4, 0.5) is 4.79 Å². The van der Waals surface area contributed by atoms with Crippen LogP contribution in [-0.4, -0.2) is 58.4 Å². The van der Waals surface area contributed by atoms with Crippen molar-refractivity contribution < 1.29 is 14.6 Å². The molecule has 0 saturated carbocycles. The van der Waals surface area contributed by atoms with Crippen molar-refractivity contribution in [2.45, 2.75) is 23.8 Å². The maximum absolute atomic E-state index is 10.8. The van der Waals surface area contributed by atoms with Crippen LogP contribution in [0, 0.1) is 0 Å². The van der Waals surface area contributed by atoms with Crippen LogP contribution in [0.25, 0.3) is 0 Å². The Balaban J connectivity index is 1.73. The first-order valence-corrected chi connectivity index (χ1v) is 7.32. The predicted molar refractivity (Wildman–Crippen MR) is 75.7 cm³/mol. The molecule has 1 aromatic rings. The molecular weight excluding hydrogens is 296 g/mol. The molecule has 0 spiro atoms. The summed E-state index contributed by atoms with van der Waals surface area (Å²) in [7, 11) is 0. The molecule has 2 saturated heterocycles. The van der Waals surface area contributed by atoms with Crippen LogP contribution in [0.2, 0.25) is 0 Å². The number of carboxylic acid groups (broad SMARTS) is 1. The summed E-state index contributed by atoms with van der Waals surface area (Å²) in [6.07, 6.45) is 3.58. The lowest BCUT2D eigenvalue weighted by molar-refractivity contribution is 0.0214. The molecule has 1 aromatic heterocycles. The van der Waals surface area contributed by atoms with Gasteiger partial charge >= 0.3 is 6.09 Å². The number of carbonyl (C=O) groups is 1. The van der Waals surface area contributed by atoms with Crippen LogP contribution >= 0.6 is 11.6 Å². The van der Waals surface area contributed by atoms with Crippen molar-refractivity contribution in [3.8, 4) is 5.88 Å². The number of amides is 1. The molecule has 2 aliphatic heterocycles. The lowest BCUT2D eigenvalue weighted by atomic mass is 9.93. The van der Waals surface area contributed by atoms with Gasteiger partial charge in [0.2, 0.25) is 5.88 Å². The molecule has 0 unspecified atom stereocenters. The monoisotopic (exact) mass is 312 g/mol. The van der Waals surface area contributed by atoms with Crippen LogP contribution in [0.1, 0.15) is 18.5 Å². The van der Waals surface area contributed by atoms with E-state index in [0.29, 0.717) is 24.7 Å². The highest BCUT2D eigenvalue weighted by Crippen LogP contribution is 2.40. The molecule has 0 aromatic carbocycles. The van der Waals surface area contributed by atoms with Crippen molar-refractivity contribution >= 4 is 17.7 Å². The van der Waals surface area contributed by atoms with Gasteiger partial charge in [0.05, 0.1) is 18.0 Å². The van der Waals surface area contributed by atoms with E-state index < -0.39 is 11.0 Å². The van der Waals surface area contributed by atoms with E-state index in [-0.39, 0.29) is 6.10 Å². The third-order valence-electron chi connectivity index (χ3n) is 3.88. The summed E-state index contributed by atoms with van der Waals surface area (Å²) in [6, 6.07) is 0. The van der Waals surface area contributed by atoms with Gasteiger partial charge in [-0.1, -0.05) is 0 Å². The maximum Gasteiger partial charge on any atom is 0.407 e. The highest BCUT2D eigenvalue weighted by Gasteiger charge is 2.38. The Bertz CT molecular complexity index is 530. The van der Waals surface area contributed by atoms with E-state index in [2.05, 4.69) is 15.3 Å². The van der Waals surface area contributed by atoms with Gasteiger partial charge in [-0.3, -0.25) is 4.98 Å². The highest BCUT2D eigenvalue weighted by molar-refractivity contribution is 6.24. The van der Waals surface area contributed by atoms with Gasteiger partial charge < -0.3 is 20.1 Å². The second-order valence-electron chi connectivity index (χ2n) is 5.35. The summed E-state index contributed by atoms with van der Waals surface area (Å²) in [5, 5.41) is 12.1. The van der Waals surface area contributed by atoms with Gasteiger partial charge in [-0.25, -0.2) is 9.78 Å². The topological polar surface area (TPSA) is 87.6 Å². The number of piperidine rings is 1. The number of likely N-dealkylation sites (tertiary alicyclic amines) is 1. The quantitative estimate of drug-likeness (QED) is 0.811. The van der Waals surface area contributed by atoms with Crippen LogP contribution in [-0.2, 0) is 4.87 Å². The molecule has 114 valence electrons. The maximum atomic E-state index is 10.8. The molecule has 3 rings (SSSR count). The average molecular weight is 313 g/mol. The predicted octanol–water partition coefficient (Wildman–Crippen LogP) is 1.04. The second kappa shape index (κ2) is 5.65. The zero-order chi connectivity index (χ0) is 14.9. The lowest BCUT2D eigenvalue weighted by Gasteiger charge is -2.38. The summed E-state index contributed by atoms with van der Waals surface area (Å²) in [6.45, 7) is 2.36. The van der Waals surface area contributed by atoms with E-state index in [1.54, 1.807) is 12.4 Å². The van der Waals surface area contributed by atoms with Crippen molar-refractivity contribution in [3.63, 3.8) is 0 Å². The van der Waals surface area contributed by atoms with Gasteiger partial charge in [0.1, 0.15) is 11.8 Å². The van der Waals surface area contributed by atoms with E-state index in [4.69, 9.17) is 21.4 Å². The molecule has 21 heavy (non-hydrogen) atoms. The van der Waals surface area contributed by atoms with Crippen molar-refractivity contribution in [3.05, 3.63) is 18.1 Å². The van der Waals surface area contributed by atoms with Gasteiger partial charge in [0.25, 0.3) is 0 Å². The Kier molecular flexibility index (Phi) is 3.86. The summed E-state index contributed by atoms with van der Waals surface area (Å²) in [5.41, 5.74) is 0.655. The summed E-state index contributed by atoms with van der Waals surface area (Å²) in [5.74, 6) is 0.421. The molecule has 2 N–H and O–H groups in total. The normalized spacial score (nSPS) is 21.7. The Morgan fingerprint density at radius 2 is 2.05 bits per heavy atom. The third-order valence-corrected chi connectivity index (χ3v) is 4.44. The lowest BCUT2D eigenvalue weighted by Crippen LogP contribution is -2.56. The Labute approximate surface area is 127 Å². The minimum atomic E-state index is -0.929. The summed E-state index contributed by atoms with van der Waals surface area (Å²) >= 11 is 6.70. The summed E-state index contributed by atoms with van der Waals surface area (Å²) in [4.78, 5) is 20.1. The SMILES string of the molecule is O=C(O)N1CC(Oc2nccnc2C2(Cl)CCNCC2)C1. The van der Waals surface area contributed by atoms with E-state index in [1.165, 1.54) is 4.90 Å². The van der Waals surface area contributed by atoms with Crippen molar-refractivity contribution in [2.24, 2.45) is 0 Å². The second-order valence-corrected chi connectivity index (χ2v) is 6.08. The van der Waals surface area contributed by atoms with E-state index >= 15 is 0 Å². The fraction of sp³-hybridized carbons (Fsp3) is 0.615. The van der Waals surface area contributed by atoms with E-state index in [1.807, 2.05) is 0 Å². The van der Waals surface area contributed by atoms with Gasteiger partial charge in [0, 0.05) is 12.4 Å². The fourth-order valence-corrected chi connectivity index (χ4v) is 2.92. The van der Waals surface area contributed by atoms with Crippen LogP contribution in [0.15, 0.2) is 12.4 Å². The molecular formula is C13H17ClN4O3. The zero-order valence-electron chi connectivity index (χ0n) is 11.5. The van der Waals surface area contributed by atoms with E-state index in [0.717, 1.165) is 25.9 Å². The number of aromatic nitrogens is 2. The first-order chi connectivity index (χ1) is 10.1. The molecule has 0 radical (unpaired) electrons. The molecule has 7 nitrogen and oxygen atoms in total. The largest absolute Gasteiger partial charge is 0.469 e. The number of nitrogens with zero attached hydrogens (tertiary/aromatic N) is 3. The first-order valence-electron chi connectivity index (χ1n) is 6.94. The summed E-state index contributed by atoms with van der Waals surface area (Å²) < 4.78 is 5.80. The van der Waals surface area contributed by atoms with E-state index in [9.17, 15) is 4.79 Å². The standard InChI is InChI=1S/C13H17ClN4O3/c14-13(1-3-15-4-2-13)10-11(17-6-5-16-10)21-9-7-18(8-9)12(19)20/h5-6,9,15H,1-4,7-8H2,(H,19,20). The first kappa shape index (κ1) is 14.3. The molecule has 1 amide bonds. The third kappa shape index (κ3) is 2.89. The number of rotatable bonds is 3. The molecule has 0 aliphatic carbocycles. The minimum absolute atomic E-state index is 0.182. The number of ether oxygens (including phenoxy) is 1. The van der Waals surface area contributed by atoms with Crippen LogP contribution < -0.4 is 10.1 Å². The van der Waals surface area contributed by atoms with Gasteiger partial charge in [-0.05, 0) is 25.9 Å². The molecule has 8 heteroatoms. The number of alkyl halides is 1. The Hall–Kier alpha value is -1.60. The number of halogens is 1. The molecule has 0 atom stereocenters. The smallest absolute Gasteiger partial charge is 0.407 e. The van der Waals surface area contributed by atoms with Gasteiger partial charge in [-0.2, -0.15) is 0 Å². The Morgan fingerprint density at radius 3 is 2.71 bits per heavy atom. The van der Waals surface area contributed by atoms with Crippen LogP contribution in [0.5, 0.6) is 5.88 Å². The van der Waals surface area contributed by atoms with Gasteiger partial charge in [0.15, 0.2) is 0 Å².